The minimum atomic E-state index is -0.0741. The van der Waals surface area contributed by atoms with Gasteiger partial charge in [0, 0.05) is 11.5 Å². The summed E-state index contributed by atoms with van der Waals surface area (Å²) in [5.41, 5.74) is 7.82. The van der Waals surface area contributed by atoms with Gasteiger partial charge in [0.2, 0.25) is 0 Å². The quantitative estimate of drug-likeness (QED) is 0.740. The van der Waals surface area contributed by atoms with Crippen LogP contribution in [0.4, 0.5) is 0 Å². The average Bonchev–Trinajstić information content (AvgIpc) is 2.67. The summed E-state index contributed by atoms with van der Waals surface area (Å²) >= 11 is 0. The predicted molar refractivity (Wildman–Crippen MR) is 66.1 cm³/mol. The summed E-state index contributed by atoms with van der Waals surface area (Å²) in [4.78, 5) is 0. The molecule has 1 unspecified atom stereocenters. The molecule has 16 heavy (non-hydrogen) atoms. The zero-order chi connectivity index (χ0) is 11.5. The van der Waals surface area contributed by atoms with E-state index in [-0.39, 0.29) is 6.04 Å². The highest BCUT2D eigenvalue weighted by Crippen LogP contribution is 2.19. The topological polar surface area (TPSA) is 39.2 Å². The lowest BCUT2D eigenvalue weighted by atomic mass is 10.2. The average molecular weight is 213 g/mol. The van der Waals surface area contributed by atoms with Crippen molar-refractivity contribution in [3.8, 4) is 11.8 Å². The molecule has 0 fully saturated rings. The number of hydrogen-bond donors (Lipinski definition) is 1. The van der Waals surface area contributed by atoms with Crippen LogP contribution in [0.15, 0.2) is 28.7 Å². The molecule has 0 aliphatic heterocycles. The van der Waals surface area contributed by atoms with Crippen molar-refractivity contribution in [3.63, 3.8) is 0 Å². The molecule has 82 valence electrons. The van der Waals surface area contributed by atoms with Crippen molar-refractivity contribution in [2.45, 2.75) is 26.3 Å². The van der Waals surface area contributed by atoms with E-state index in [1.54, 1.807) is 0 Å². The van der Waals surface area contributed by atoms with Crippen LogP contribution in [0.25, 0.3) is 11.0 Å². The van der Waals surface area contributed by atoms with E-state index < -0.39 is 0 Å². The Labute approximate surface area is 95.4 Å². The SMILES string of the molecule is CCC(N)C#Cc1cc2cc(C)ccc2o1. The van der Waals surface area contributed by atoms with Crippen molar-refractivity contribution in [3.05, 3.63) is 35.6 Å². The zero-order valence-electron chi connectivity index (χ0n) is 9.58. The summed E-state index contributed by atoms with van der Waals surface area (Å²) in [6.45, 7) is 4.08. The van der Waals surface area contributed by atoms with Crippen molar-refractivity contribution in [1.82, 2.24) is 0 Å². The van der Waals surface area contributed by atoms with E-state index in [9.17, 15) is 0 Å². The first-order chi connectivity index (χ1) is 7.69. The van der Waals surface area contributed by atoms with E-state index in [4.69, 9.17) is 10.2 Å². The molecule has 1 aromatic heterocycles. The summed E-state index contributed by atoms with van der Waals surface area (Å²) in [5.74, 6) is 6.61. The number of benzene rings is 1. The molecule has 2 aromatic rings. The number of aryl methyl sites for hydroxylation is 1. The molecular weight excluding hydrogens is 198 g/mol. The normalized spacial score (nSPS) is 12.2. The maximum absolute atomic E-state index is 5.72. The predicted octanol–water partition coefficient (Wildman–Crippen LogP) is 2.83. The minimum Gasteiger partial charge on any atom is -0.448 e. The maximum atomic E-state index is 5.72. The number of fused-ring (bicyclic) bond motifs is 1. The first kappa shape index (κ1) is 10.8. The summed E-state index contributed by atoms with van der Waals surface area (Å²) < 4.78 is 5.59. The third kappa shape index (κ3) is 2.26. The van der Waals surface area contributed by atoms with Crippen LogP contribution in [-0.4, -0.2) is 6.04 Å². The maximum Gasteiger partial charge on any atom is 0.178 e. The van der Waals surface area contributed by atoms with Crippen molar-refractivity contribution < 1.29 is 4.42 Å². The van der Waals surface area contributed by atoms with E-state index >= 15 is 0 Å². The molecular formula is C14H15NO. The molecule has 0 aliphatic rings. The molecule has 0 radical (unpaired) electrons. The van der Waals surface area contributed by atoms with Crippen LogP contribution in [-0.2, 0) is 0 Å². The van der Waals surface area contributed by atoms with Gasteiger partial charge in [-0.15, -0.1) is 0 Å². The molecule has 1 atom stereocenters. The van der Waals surface area contributed by atoms with E-state index in [0.717, 1.165) is 17.4 Å². The van der Waals surface area contributed by atoms with Crippen molar-refractivity contribution in [2.75, 3.05) is 0 Å². The summed E-state index contributed by atoms with van der Waals surface area (Å²) in [6, 6.07) is 7.97. The van der Waals surface area contributed by atoms with E-state index in [1.165, 1.54) is 5.56 Å². The van der Waals surface area contributed by atoms with Crippen molar-refractivity contribution in [1.29, 1.82) is 0 Å². The second-order valence-electron chi connectivity index (χ2n) is 3.94. The van der Waals surface area contributed by atoms with Gasteiger partial charge in [-0.1, -0.05) is 24.5 Å². The van der Waals surface area contributed by atoms with Gasteiger partial charge in [-0.25, -0.2) is 0 Å². The molecule has 2 heteroatoms. The summed E-state index contributed by atoms with van der Waals surface area (Å²) in [5, 5.41) is 1.09. The van der Waals surface area contributed by atoms with Gasteiger partial charge in [-0.2, -0.15) is 0 Å². The molecule has 1 aromatic carbocycles. The standard InChI is InChI=1S/C14H15NO/c1-3-12(15)5-6-13-9-11-8-10(2)4-7-14(11)16-13/h4,7-9,12H,3,15H2,1-2H3. The van der Waals surface area contributed by atoms with Crippen LogP contribution in [0, 0.1) is 18.8 Å². The lowest BCUT2D eigenvalue weighted by Crippen LogP contribution is -2.15. The molecule has 1 heterocycles. The molecule has 0 amide bonds. The van der Waals surface area contributed by atoms with Gasteiger partial charge in [0.1, 0.15) is 5.58 Å². The lowest BCUT2D eigenvalue weighted by molar-refractivity contribution is 0.601. The molecule has 2 nitrogen and oxygen atoms in total. The lowest BCUT2D eigenvalue weighted by Gasteiger charge is -1.93. The van der Waals surface area contributed by atoms with E-state index in [2.05, 4.69) is 24.8 Å². The number of nitrogens with two attached hydrogens (primary N) is 1. The third-order valence-electron chi connectivity index (χ3n) is 2.49. The van der Waals surface area contributed by atoms with Gasteiger partial charge >= 0.3 is 0 Å². The van der Waals surface area contributed by atoms with Gasteiger partial charge in [0.15, 0.2) is 5.76 Å². The smallest absolute Gasteiger partial charge is 0.178 e. The summed E-state index contributed by atoms with van der Waals surface area (Å²) in [7, 11) is 0. The molecule has 0 aliphatic carbocycles. The van der Waals surface area contributed by atoms with Crippen molar-refractivity contribution in [2.24, 2.45) is 5.73 Å². The Balaban J connectivity index is 2.35. The van der Waals surface area contributed by atoms with Crippen LogP contribution >= 0.6 is 0 Å². The van der Waals surface area contributed by atoms with Crippen LogP contribution in [0.2, 0.25) is 0 Å². The molecule has 2 rings (SSSR count). The Hall–Kier alpha value is -1.72. The fourth-order valence-corrected chi connectivity index (χ4v) is 1.49. The van der Waals surface area contributed by atoms with Crippen LogP contribution < -0.4 is 5.73 Å². The largest absolute Gasteiger partial charge is 0.448 e. The van der Waals surface area contributed by atoms with Crippen LogP contribution in [0.1, 0.15) is 24.7 Å². The molecule has 0 spiro atoms. The number of rotatable bonds is 1. The fourth-order valence-electron chi connectivity index (χ4n) is 1.49. The molecule has 0 saturated heterocycles. The van der Waals surface area contributed by atoms with Gasteiger partial charge in [0.25, 0.3) is 0 Å². The zero-order valence-corrected chi connectivity index (χ0v) is 9.58. The Kier molecular flexibility index (Phi) is 2.98. The first-order valence-corrected chi connectivity index (χ1v) is 5.46. The van der Waals surface area contributed by atoms with Crippen LogP contribution in [0.3, 0.4) is 0 Å². The van der Waals surface area contributed by atoms with Gasteiger partial charge in [-0.3, -0.25) is 0 Å². The second kappa shape index (κ2) is 4.42. The monoisotopic (exact) mass is 213 g/mol. The molecule has 0 saturated carbocycles. The minimum absolute atomic E-state index is 0.0741. The Morgan fingerprint density at radius 2 is 2.19 bits per heavy atom. The highest BCUT2D eigenvalue weighted by molar-refractivity contribution is 5.79. The third-order valence-corrected chi connectivity index (χ3v) is 2.49. The van der Waals surface area contributed by atoms with Crippen molar-refractivity contribution >= 4 is 11.0 Å². The van der Waals surface area contributed by atoms with E-state index in [0.29, 0.717) is 5.76 Å². The number of furan rings is 1. The second-order valence-corrected chi connectivity index (χ2v) is 3.94. The Bertz CT molecular complexity index is 557. The summed E-state index contributed by atoms with van der Waals surface area (Å²) in [6.07, 6.45) is 0.854. The van der Waals surface area contributed by atoms with Crippen LogP contribution in [0.5, 0.6) is 0 Å². The first-order valence-electron chi connectivity index (χ1n) is 5.46. The number of hydrogen-bond acceptors (Lipinski definition) is 2. The Morgan fingerprint density at radius 1 is 1.38 bits per heavy atom. The highest BCUT2D eigenvalue weighted by Gasteiger charge is 2.01. The molecule has 0 bridgehead atoms. The highest BCUT2D eigenvalue weighted by atomic mass is 16.3. The molecule has 2 N–H and O–H groups in total. The van der Waals surface area contributed by atoms with Gasteiger partial charge in [0.05, 0.1) is 6.04 Å². The van der Waals surface area contributed by atoms with Gasteiger partial charge < -0.3 is 10.2 Å². The Morgan fingerprint density at radius 3 is 2.94 bits per heavy atom. The fraction of sp³-hybridized carbons (Fsp3) is 0.286. The van der Waals surface area contributed by atoms with Gasteiger partial charge in [-0.05, 0) is 31.4 Å². The van der Waals surface area contributed by atoms with E-state index in [1.807, 2.05) is 25.1 Å².